The lowest BCUT2D eigenvalue weighted by atomic mass is 9.97. The average Bonchev–Trinajstić information content (AvgIpc) is 2.90. The summed E-state index contributed by atoms with van der Waals surface area (Å²) in [5.41, 5.74) is 0.934. The summed E-state index contributed by atoms with van der Waals surface area (Å²) in [5, 5.41) is 14.1. The summed E-state index contributed by atoms with van der Waals surface area (Å²) >= 11 is 0. The highest BCUT2D eigenvalue weighted by atomic mass is 35.5. The number of nitrogens with zero attached hydrogens (tertiary/aromatic N) is 2. The minimum atomic E-state index is -0.454. The van der Waals surface area contributed by atoms with Gasteiger partial charge >= 0.3 is 6.08 Å². The van der Waals surface area contributed by atoms with E-state index in [4.69, 9.17) is 9.15 Å². The topological polar surface area (TPSA) is 90.4 Å². The van der Waals surface area contributed by atoms with Crippen LogP contribution in [0.25, 0.3) is 11.1 Å². The SMILES string of the molecule is Cl.O=[N+]([O-])c1ccc2oc(OCCC3CCCNC3)nc2c1. The zero-order valence-electron chi connectivity index (χ0n) is 12.0. The van der Waals surface area contributed by atoms with Crippen LogP contribution >= 0.6 is 12.4 Å². The molecular weight excluding hydrogens is 310 g/mol. The van der Waals surface area contributed by atoms with Crippen LogP contribution in [-0.4, -0.2) is 29.6 Å². The van der Waals surface area contributed by atoms with E-state index < -0.39 is 4.92 Å². The van der Waals surface area contributed by atoms with Crippen molar-refractivity contribution in [2.75, 3.05) is 19.7 Å². The summed E-state index contributed by atoms with van der Waals surface area (Å²) in [5.74, 6) is 0.629. The van der Waals surface area contributed by atoms with E-state index in [2.05, 4.69) is 10.3 Å². The Morgan fingerprint density at radius 3 is 3.09 bits per heavy atom. The van der Waals surface area contributed by atoms with Gasteiger partial charge in [0.15, 0.2) is 5.58 Å². The van der Waals surface area contributed by atoms with E-state index in [1.54, 1.807) is 6.07 Å². The quantitative estimate of drug-likeness (QED) is 0.670. The lowest BCUT2D eigenvalue weighted by Crippen LogP contribution is -2.30. The van der Waals surface area contributed by atoms with Gasteiger partial charge in [-0.05, 0) is 44.3 Å². The molecule has 1 aromatic heterocycles. The van der Waals surface area contributed by atoms with E-state index in [9.17, 15) is 10.1 Å². The third-order valence-corrected chi connectivity index (χ3v) is 3.71. The Morgan fingerprint density at radius 2 is 2.36 bits per heavy atom. The number of hydrogen-bond donors (Lipinski definition) is 1. The number of nitro benzene ring substituents is 1. The normalized spacial score (nSPS) is 17.9. The Morgan fingerprint density at radius 1 is 1.50 bits per heavy atom. The highest BCUT2D eigenvalue weighted by molar-refractivity contribution is 5.85. The molecule has 0 aliphatic carbocycles. The predicted octanol–water partition coefficient (Wildman–Crippen LogP) is 2.93. The van der Waals surface area contributed by atoms with Gasteiger partial charge in [0.1, 0.15) is 5.52 Å². The average molecular weight is 328 g/mol. The van der Waals surface area contributed by atoms with Crippen LogP contribution in [0.3, 0.4) is 0 Å². The Balaban J connectivity index is 0.00000176. The van der Waals surface area contributed by atoms with Gasteiger partial charge in [0.05, 0.1) is 11.5 Å². The molecule has 1 unspecified atom stereocenters. The molecule has 1 saturated heterocycles. The van der Waals surface area contributed by atoms with Crippen molar-refractivity contribution < 1.29 is 14.1 Å². The number of aromatic nitrogens is 1. The molecule has 22 heavy (non-hydrogen) atoms. The van der Waals surface area contributed by atoms with Crippen molar-refractivity contribution >= 4 is 29.2 Å². The molecule has 3 rings (SSSR count). The molecule has 2 heterocycles. The molecule has 1 atom stereocenters. The van der Waals surface area contributed by atoms with Crippen LogP contribution in [-0.2, 0) is 0 Å². The van der Waals surface area contributed by atoms with Crippen molar-refractivity contribution in [3.63, 3.8) is 0 Å². The molecule has 0 spiro atoms. The zero-order valence-corrected chi connectivity index (χ0v) is 12.8. The standard InChI is InChI=1S/C14H17N3O4.ClH/c18-17(19)11-3-4-13-12(8-11)16-14(21-13)20-7-5-10-2-1-6-15-9-10;/h3-4,8,10,15H,1-2,5-7,9H2;1H. The molecule has 2 aromatic rings. The molecule has 120 valence electrons. The number of hydrogen-bond acceptors (Lipinski definition) is 6. The maximum absolute atomic E-state index is 10.7. The number of ether oxygens (including phenoxy) is 1. The lowest BCUT2D eigenvalue weighted by molar-refractivity contribution is -0.384. The van der Waals surface area contributed by atoms with Gasteiger partial charge in [0.2, 0.25) is 0 Å². The van der Waals surface area contributed by atoms with E-state index in [-0.39, 0.29) is 24.2 Å². The van der Waals surface area contributed by atoms with Crippen molar-refractivity contribution in [3.05, 3.63) is 28.3 Å². The Labute approximate surface area is 133 Å². The number of rotatable bonds is 5. The summed E-state index contributed by atoms with van der Waals surface area (Å²) in [6.45, 7) is 2.67. The molecule has 1 fully saturated rings. The molecule has 1 aromatic carbocycles. The minimum absolute atomic E-state index is 0. The van der Waals surface area contributed by atoms with Crippen LogP contribution in [0.5, 0.6) is 6.08 Å². The fraction of sp³-hybridized carbons (Fsp3) is 0.500. The van der Waals surface area contributed by atoms with Crippen molar-refractivity contribution in [2.24, 2.45) is 5.92 Å². The zero-order chi connectivity index (χ0) is 14.7. The van der Waals surface area contributed by atoms with Gasteiger partial charge in [-0.3, -0.25) is 10.1 Å². The minimum Gasteiger partial charge on any atom is -0.450 e. The first kappa shape index (κ1) is 16.5. The van der Waals surface area contributed by atoms with Gasteiger partial charge in [-0.2, -0.15) is 4.98 Å². The van der Waals surface area contributed by atoms with Crippen molar-refractivity contribution in [3.8, 4) is 6.08 Å². The number of non-ortho nitro benzene ring substituents is 1. The third kappa shape index (κ3) is 3.86. The molecule has 0 bridgehead atoms. The van der Waals surface area contributed by atoms with Crippen LogP contribution in [0.15, 0.2) is 22.6 Å². The molecule has 7 nitrogen and oxygen atoms in total. The van der Waals surface area contributed by atoms with E-state index >= 15 is 0 Å². The van der Waals surface area contributed by atoms with Gasteiger partial charge in [-0.25, -0.2) is 0 Å². The van der Waals surface area contributed by atoms with Gasteiger partial charge in [0.25, 0.3) is 5.69 Å². The third-order valence-electron chi connectivity index (χ3n) is 3.71. The fourth-order valence-corrected chi connectivity index (χ4v) is 2.55. The summed E-state index contributed by atoms with van der Waals surface area (Å²) in [7, 11) is 0. The maximum Gasteiger partial charge on any atom is 0.394 e. The van der Waals surface area contributed by atoms with Crippen LogP contribution < -0.4 is 10.1 Å². The monoisotopic (exact) mass is 327 g/mol. The second-order valence-electron chi connectivity index (χ2n) is 5.24. The number of fused-ring (bicyclic) bond motifs is 1. The number of piperidine rings is 1. The molecule has 1 aliphatic heterocycles. The molecule has 1 aliphatic rings. The Hall–Kier alpha value is -1.86. The van der Waals surface area contributed by atoms with E-state index in [1.165, 1.54) is 25.0 Å². The summed E-state index contributed by atoms with van der Waals surface area (Å²) in [6.07, 6.45) is 3.55. The first-order valence-electron chi connectivity index (χ1n) is 7.11. The first-order valence-corrected chi connectivity index (χ1v) is 7.11. The maximum atomic E-state index is 10.7. The van der Waals surface area contributed by atoms with Gasteiger partial charge in [0, 0.05) is 12.1 Å². The van der Waals surface area contributed by atoms with Crippen molar-refractivity contribution in [1.82, 2.24) is 10.3 Å². The van der Waals surface area contributed by atoms with Crippen LogP contribution in [0.4, 0.5) is 5.69 Å². The van der Waals surface area contributed by atoms with E-state index in [0.29, 0.717) is 23.6 Å². The lowest BCUT2D eigenvalue weighted by Gasteiger charge is -2.22. The van der Waals surface area contributed by atoms with Crippen LogP contribution in [0, 0.1) is 16.0 Å². The number of benzene rings is 1. The summed E-state index contributed by atoms with van der Waals surface area (Å²) in [4.78, 5) is 14.4. The van der Waals surface area contributed by atoms with Gasteiger partial charge < -0.3 is 14.5 Å². The number of oxazole rings is 1. The largest absolute Gasteiger partial charge is 0.450 e. The number of halogens is 1. The highest BCUT2D eigenvalue weighted by Gasteiger charge is 2.15. The van der Waals surface area contributed by atoms with Crippen molar-refractivity contribution in [1.29, 1.82) is 0 Å². The fourth-order valence-electron chi connectivity index (χ4n) is 2.55. The number of nitrogens with one attached hydrogen (secondary N) is 1. The summed E-state index contributed by atoms with van der Waals surface area (Å²) < 4.78 is 10.9. The van der Waals surface area contributed by atoms with Crippen LogP contribution in [0.1, 0.15) is 19.3 Å². The smallest absolute Gasteiger partial charge is 0.394 e. The molecule has 0 saturated carbocycles. The highest BCUT2D eigenvalue weighted by Crippen LogP contribution is 2.25. The van der Waals surface area contributed by atoms with Gasteiger partial charge in [-0.1, -0.05) is 0 Å². The predicted molar refractivity (Wildman–Crippen MR) is 83.6 cm³/mol. The number of nitro groups is 1. The molecular formula is C14H18ClN3O4. The molecule has 0 amide bonds. The van der Waals surface area contributed by atoms with Gasteiger partial charge in [-0.15, -0.1) is 12.4 Å². The summed E-state index contributed by atoms with van der Waals surface area (Å²) in [6, 6.07) is 4.32. The second kappa shape index (κ2) is 7.42. The Bertz CT molecular complexity index is 640. The van der Waals surface area contributed by atoms with Crippen molar-refractivity contribution in [2.45, 2.75) is 19.3 Å². The van der Waals surface area contributed by atoms with E-state index in [1.807, 2.05) is 0 Å². The second-order valence-corrected chi connectivity index (χ2v) is 5.24. The van der Waals surface area contributed by atoms with Crippen LogP contribution in [0.2, 0.25) is 0 Å². The Kier molecular flexibility index (Phi) is 5.57. The molecule has 1 N–H and O–H groups in total. The molecule has 0 radical (unpaired) electrons. The van der Waals surface area contributed by atoms with E-state index in [0.717, 1.165) is 19.5 Å². The molecule has 8 heteroatoms. The first-order chi connectivity index (χ1) is 10.2.